The van der Waals surface area contributed by atoms with E-state index in [0.717, 1.165) is 10.6 Å². The molecule has 0 aliphatic carbocycles. The fourth-order valence-corrected chi connectivity index (χ4v) is 1.85. The number of ether oxygens (including phenoxy) is 1. The van der Waals surface area contributed by atoms with Crippen molar-refractivity contribution in [1.82, 2.24) is 4.98 Å². The van der Waals surface area contributed by atoms with Crippen molar-refractivity contribution >= 4 is 17.0 Å². The van der Waals surface area contributed by atoms with E-state index in [2.05, 4.69) is 4.98 Å². The molecule has 0 saturated carbocycles. The Balaban J connectivity index is 2.14. The zero-order valence-corrected chi connectivity index (χ0v) is 9.94. The minimum atomic E-state index is -0.435. The smallest absolute Gasteiger partial charge is 0.273 e. The largest absolute Gasteiger partial charge is 0.486 e. The Hall–Kier alpha value is -1.95. The third kappa shape index (κ3) is 2.79. The van der Waals surface area contributed by atoms with Gasteiger partial charge in [-0.2, -0.15) is 0 Å². The number of nitrogens with zero attached hydrogens (tertiary/aromatic N) is 2. The first-order valence-corrected chi connectivity index (χ1v) is 5.81. The van der Waals surface area contributed by atoms with Gasteiger partial charge in [0.2, 0.25) is 0 Å². The minimum absolute atomic E-state index is 0.0322. The van der Waals surface area contributed by atoms with Crippen LogP contribution in [0.1, 0.15) is 10.6 Å². The molecule has 0 unspecified atom stereocenters. The van der Waals surface area contributed by atoms with E-state index in [1.807, 2.05) is 12.3 Å². The molecule has 0 amide bonds. The predicted molar refractivity (Wildman–Crippen MR) is 64.3 cm³/mol. The predicted octanol–water partition coefficient (Wildman–Crippen LogP) is 2.94. The lowest BCUT2D eigenvalue weighted by atomic mass is 10.2. The molecule has 1 aromatic heterocycles. The van der Waals surface area contributed by atoms with Crippen LogP contribution < -0.4 is 4.74 Å². The first kappa shape index (κ1) is 11.5. The van der Waals surface area contributed by atoms with Crippen LogP contribution in [0.2, 0.25) is 0 Å². The van der Waals surface area contributed by atoms with Crippen LogP contribution in [0, 0.1) is 17.0 Å². The zero-order valence-electron chi connectivity index (χ0n) is 9.12. The third-order valence-electron chi connectivity index (χ3n) is 2.22. The van der Waals surface area contributed by atoms with Crippen molar-refractivity contribution in [2.45, 2.75) is 13.5 Å². The molecule has 0 saturated heterocycles. The van der Waals surface area contributed by atoms with Crippen molar-refractivity contribution in [3.05, 3.63) is 50.5 Å². The SMILES string of the molecule is Cc1ccc([N+](=O)[O-])cc1OCc1nccs1. The van der Waals surface area contributed by atoms with Gasteiger partial charge in [0.15, 0.2) is 0 Å². The normalized spacial score (nSPS) is 10.2. The number of nitro benzene ring substituents is 1. The lowest BCUT2D eigenvalue weighted by Gasteiger charge is -2.06. The Bertz CT molecular complexity index is 526. The molecule has 0 fully saturated rings. The summed E-state index contributed by atoms with van der Waals surface area (Å²) >= 11 is 1.49. The number of aryl methyl sites for hydroxylation is 1. The number of hydrogen-bond acceptors (Lipinski definition) is 5. The highest BCUT2D eigenvalue weighted by atomic mass is 32.1. The molecule has 2 aromatic rings. The number of hydrogen-bond donors (Lipinski definition) is 0. The van der Waals surface area contributed by atoms with Crippen molar-refractivity contribution in [2.24, 2.45) is 0 Å². The van der Waals surface area contributed by atoms with E-state index in [9.17, 15) is 10.1 Å². The van der Waals surface area contributed by atoms with Crippen LogP contribution in [0.3, 0.4) is 0 Å². The van der Waals surface area contributed by atoms with E-state index in [-0.39, 0.29) is 5.69 Å². The molecular weight excluding hydrogens is 240 g/mol. The van der Waals surface area contributed by atoms with E-state index < -0.39 is 4.92 Å². The second-order valence-electron chi connectivity index (χ2n) is 3.42. The van der Waals surface area contributed by atoms with Crippen LogP contribution >= 0.6 is 11.3 Å². The lowest BCUT2D eigenvalue weighted by Crippen LogP contribution is -1.97. The summed E-state index contributed by atoms with van der Waals surface area (Å²) in [5.74, 6) is 0.523. The first-order chi connectivity index (χ1) is 8.16. The average molecular weight is 250 g/mol. The summed E-state index contributed by atoms with van der Waals surface area (Å²) in [6, 6.07) is 4.57. The van der Waals surface area contributed by atoms with Gasteiger partial charge in [0.05, 0.1) is 11.0 Å². The Morgan fingerprint density at radius 1 is 1.53 bits per heavy atom. The third-order valence-corrected chi connectivity index (χ3v) is 2.97. The summed E-state index contributed by atoms with van der Waals surface area (Å²) in [6.07, 6.45) is 1.70. The fourth-order valence-electron chi connectivity index (χ4n) is 1.32. The highest BCUT2D eigenvalue weighted by Gasteiger charge is 2.09. The summed E-state index contributed by atoms with van der Waals surface area (Å²) < 4.78 is 5.52. The van der Waals surface area contributed by atoms with Crippen LogP contribution in [0.4, 0.5) is 5.69 Å². The molecule has 0 aliphatic heterocycles. The van der Waals surface area contributed by atoms with Crippen LogP contribution in [0.25, 0.3) is 0 Å². The molecule has 0 aliphatic rings. The molecule has 5 nitrogen and oxygen atoms in total. The van der Waals surface area contributed by atoms with Gasteiger partial charge in [-0.25, -0.2) is 4.98 Å². The minimum Gasteiger partial charge on any atom is -0.486 e. The Kier molecular flexibility index (Phi) is 3.34. The summed E-state index contributed by atoms with van der Waals surface area (Å²) in [6.45, 7) is 2.18. The lowest BCUT2D eigenvalue weighted by molar-refractivity contribution is -0.385. The van der Waals surface area contributed by atoms with Crippen LogP contribution in [0.5, 0.6) is 5.75 Å². The molecule has 1 heterocycles. The molecule has 6 heteroatoms. The van der Waals surface area contributed by atoms with Gasteiger partial charge in [-0.3, -0.25) is 10.1 Å². The maximum Gasteiger partial charge on any atom is 0.273 e. The quantitative estimate of drug-likeness (QED) is 0.618. The van der Waals surface area contributed by atoms with Gasteiger partial charge in [0, 0.05) is 17.6 Å². The molecule has 1 aromatic carbocycles. The summed E-state index contributed by atoms with van der Waals surface area (Å²) in [5, 5.41) is 13.3. The number of thiazole rings is 1. The Morgan fingerprint density at radius 2 is 2.35 bits per heavy atom. The second kappa shape index (κ2) is 4.92. The molecule has 88 valence electrons. The number of nitro groups is 1. The van der Waals surface area contributed by atoms with Crippen molar-refractivity contribution in [3.63, 3.8) is 0 Å². The van der Waals surface area contributed by atoms with Crippen LogP contribution in [-0.2, 0) is 6.61 Å². The topological polar surface area (TPSA) is 65.3 Å². The van der Waals surface area contributed by atoms with E-state index in [1.54, 1.807) is 12.3 Å². The molecule has 0 radical (unpaired) electrons. The Labute approximate surface area is 102 Å². The van der Waals surface area contributed by atoms with Crippen molar-refractivity contribution in [2.75, 3.05) is 0 Å². The van der Waals surface area contributed by atoms with Gasteiger partial charge in [0.1, 0.15) is 17.4 Å². The molecule has 0 N–H and O–H groups in total. The first-order valence-electron chi connectivity index (χ1n) is 4.93. The molecule has 2 rings (SSSR count). The van der Waals surface area contributed by atoms with E-state index in [0.29, 0.717) is 12.4 Å². The van der Waals surface area contributed by atoms with E-state index in [1.165, 1.54) is 23.5 Å². The van der Waals surface area contributed by atoms with E-state index in [4.69, 9.17) is 4.74 Å². The highest BCUT2D eigenvalue weighted by molar-refractivity contribution is 7.09. The molecule has 0 atom stereocenters. The molecular formula is C11H10N2O3S. The number of aromatic nitrogens is 1. The van der Waals surface area contributed by atoms with Gasteiger partial charge in [-0.15, -0.1) is 11.3 Å². The van der Waals surface area contributed by atoms with Gasteiger partial charge in [-0.05, 0) is 18.6 Å². The molecule has 0 bridgehead atoms. The number of rotatable bonds is 4. The van der Waals surface area contributed by atoms with Gasteiger partial charge < -0.3 is 4.74 Å². The second-order valence-corrected chi connectivity index (χ2v) is 4.40. The highest BCUT2D eigenvalue weighted by Crippen LogP contribution is 2.25. The summed E-state index contributed by atoms with van der Waals surface area (Å²) in [7, 11) is 0. The van der Waals surface area contributed by atoms with Gasteiger partial charge in [0.25, 0.3) is 5.69 Å². The average Bonchev–Trinajstić information content (AvgIpc) is 2.80. The number of benzene rings is 1. The monoisotopic (exact) mass is 250 g/mol. The maximum atomic E-state index is 10.6. The maximum absolute atomic E-state index is 10.6. The summed E-state index contributed by atoms with van der Waals surface area (Å²) in [5.41, 5.74) is 0.900. The molecule has 0 spiro atoms. The van der Waals surface area contributed by atoms with Crippen LogP contribution in [-0.4, -0.2) is 9.91 Å². The fraction of sp³-hybridized carbons (Fsp3) is 0.182. The van der Waals surface area contributed by atoms with Crippen molar-refractivity contribution in [3.8, 4) is 5.75 Å². The van der Waals surface area contributed by atoms with Crippen molar-refractivity contribution < 1.29 is 9.66 Å². The van der Waals surface area contributed by atoms with Crippen molar-refractivity contribution in [1.29, 1.82) is 0 Å². The van der Waals surface area contributed by atoms with Gasteiger partial charge >= 0.3 is 0 Å². The molecule has 17 heavy (non-hydrogen) atoms. The number of non-ortho nitro benzene ring substituents is 1. The standard InChI is InChI=1S/C11H10N2O3S/c1-8-2-3-9(13(14)15)6-10(8)16-7-11-12-4-5-17-11/h2-6H,7H2,1H3. The van der Waals surface area contributed by atoms with Gasteiger partial charge in [-0.1, -0.05) is 0 Å². The van der Waals surface area contributed by atoms with Crippen LogP contribution in [0.15, 0.2) is 29.8 Å². The summed E-state index contributed by atoms with van der Waals surface area (Å²) in [4.78, 5) is 14.3. The zero-order chi connectivity index (χ0) is 12.3. The Morgan fingerprint density at radius 3 is 3.00 bits per heavy atom. The van der Waals surface area contributed by atoms with E-state index >= 15 is 0 Å².